The van der Waals surface area contributed by atoms with E-state index in [1.165, 1.54) is 21.8 Å². The number of hydrogen-bond acceptors (Lipinski definition) is 4. The van der Waals surface area contributed by atoms with Crippen LogP contribution in [0.15, 0.2) is 35.5 Å². The number of anilines is 1. The van der Waals surface area contributed by atoms with Crippen LogP contribution in [0.25, 0.3) is 11.0 Å². The molecule has 0 saturated carbocycles. The van der Waals surface area contributed by atoms with E-state index in [1.54, 1.807) is 11.9 Å². The van der Waals surface area contributed by atoms with E-state index in [0.29, 0.717) is 17.6 Å². The number of rotatable bonds is 4. The molecule has 0 aliphatic rings. The first-order valence-electron chi connectivity index (χ1n) is 8.17. The van der Waals surface area contributed by atoms with Gasteiger partial charge in [0.25, 0.3) is 5.56 Å². The zero-order valence-electron chi connectivity index (χ0n) is 14.9. The van der Waals surface area contributed by atoms with Crippen LogP contribution in [-0.2, 0) is 18.4 Å². The summed E-state index contributed by atoms with van der Waals surface area (Å²) in [5, 5.41) is 4.45. The standard InChI is InChI=1S/C18H21N5O2/c1-5-23(15-8-12(2)6-7-13(15)3)16(24)10-22-11-19-17-14(18(22)25)9-20-21(17)4/h6-9,11H,5,10H2,1-4H3. The molecule has 25 heavy (non-hydrogen) atoms. The van der Waals surface area contributed by atoms with Gasteiger partial charge in [-0.25, -0.2) is 4.98 Å². The molecule has 0 bridgehead atoms. The molecule has 0 N–H and O–H groups in total. The van der Waals surface area contributed by atoms with Gasteiger partial charge in [-0.1, -0.05) is 12.1 Å². The van der Waals surface area contributed by atoms with Crippen molar-refractivity contribution < 1.29 is 4.79 Å². The molecular formula is C18H21N5O2. The van der Waals surface area contributed by atoms with E-state index >= 15 is 0 Å². The van der Waals surface area contributed by atoms with Crippen molar-refractivity contribution in [3.63, 3.8) is 0 Å². The highest BCUT2D eigenvalue weighted by Crippen LogP contribution is 2.21. The molecule has 1 aromatic carbocycles. The maximum absolute atomic E-state index is 12.8. The minimum atomic E-state index is -0.261. The molecule has 0 radical (unpaired) electrons. The molecule has 2 heterocycles. The highest BCUT2D eigenvalue weighted by Gasteiger charge is 2.18. The van der Waals surface area contributed by atoms with E-state index < -0.39 is 0 Å². The zero-order valence-corrected chi connectivity index (χ0v) is 14.9. The third kappa shape index (κ3) is 3.05. The SMILES string of the molecule is CCN(C(=O)Cn1cnc2c(cnn2C)c1=O)c1cc(C)ccc1C. The van der Waals surface area contributed by atoms with Crippen molar-refractivity contribution in [3.8, 4) is 0 Å². The van der Waals surface area contributed by atoms with Gasteiger partial charge in [0.1, 0.15) is 18.3 Å². The summed E-state index contributed by atoms with van der Waals surface area (Å²) in [7, 11) is 1.73. The number of nitrogens with zero attached hydrogens (tertiary/aromatic N) is 5. The first-order chi connectivity index (χ1) is 11.9. The van der Waals surface area contributed by atoms with Crippen LogP contribution in [0.1, 0.15) is 18.1 Å². The Morgan fingerprint density at radius 1 is 1.28 bits per heavy atom. The third-order valence-corrected chi connectivity index (χ3v) is 4.30. The number of carbonyl (C=O) groups is 1. The summed E-state index contributed by atoms with van der Waals surface area (Å²) in [5.74, 6) is -0.150. The lowest BCUT2D eigenvalue weighted by molar-refractivity contribution is -0.119. The second-order valence-corrected chi connectivity index (χ2v) is 6.11. The maximum atomic E-state index is 12.8. The van der Waals surface area contributed by atoms with Crippen molar-refractivity contribution in [3.05, 3.63) is 52.2 Å². The Morgan fingerprint density at radius 2 is 2.04 bits per heavy atom. The average molecular weight is 339 g/mol. The molecular weight excluding hydrogens is 318 g/mol. The van der Waals surface area contributed by atoms with Crippen LogP contribution < -0.4 is 10.5 Å². The summed E-state index contributed by atoms with van der Waals surface area (Å²) in [6.45, 7) is 6.36. The van der Waals surface area contributed by atoms with Crippen molar-refractivity contribution in [1.82, 2.24) is 19.3 Å². The van der Waals surface area contributed by atoms with Gasteiger partial charge in [-0.05, 0) is 38.0 Å². The van der Waals surface area contributed by atoms with Gasteiger partial charge in [-0.2, -0.15) is 5.10 Å². The van der Waals surface area contributed by atoms with Crippen LogP contribution in [0.3, 0.4) is 0 Å². The van der Waals surface area contributed by atoms with Gasteiger partial charge in [0.05, 0.1) is 6.20 Å². The minimum absolute atomic E-state index is 0.0576. The van der Waals surface area contributed by atoms with E-state index in [0.717, 1.165) is 16.8 Å². The van der Waals surface area contributed by atoms with Crippen molar-refractivity contribution in [1.29, 1.82) is 0 Å². The number of amides is 1. The van der Waals surface area contributed by atoms with Crippen molar-refractivity contribution in [2.45, 2.75) is 27.3 Å². The van der Waals surface area contributed by atoms with Crippen molar-refractivity contribution in [2.24, 2.45) is 7.05 Å². The Morgan fingerprint density at radius 3 is 2.76 bits per heavy atom. The Bertz CT molecular complexity index is 1000. The van der Waals surface area contributed by atoms with Crippen LogP contribution >= 0.6 is 0 Å². The predicted octanol–water partition coefficient (Wildman–Crippen LogP) is 1.80. The van der Waals surface area contributed by atoms with E-state index in [-0.39, 0.29) is 18.0 Å². The quantitative estimate of drug-likeness (QED) is 0.726. The summed E-state index contributed by atoms with van der Waals surface area (Å²) >= 11 is 0. The topological polar surface area (TPSA) is 73.0 Å². The summed E-state index contributed by atoms with van der Waals surface area (Å²) in [4.78, 5) is 31.3. The first-order valence-corrected chi connectivity index (χ1v) is 8.17. The monoisotopic (exact) mass is 339 g/mol. The molecule has 0 unspecified atom stereocenters. The van der Waals surface area contributed by atoms with Crippen LogP contribution in [0.5, 0.6) is 0 Å². The summed E-state index contributed by atoms with van der Waals surface area (Å²) in [6, 6.07) is 6.00. The van der Waals surface area contributed by atoms with Gasteiger partial charge in [0.2, 0.25) is 5.91 Å². The number of hydrogen-bond donors (Lipinski definition) is 0. The minimum Gasteiger partial charge on any atom is -0.311 e. The number of benzene rings is 1. The second kappa shape index (κ2) is 6.51. The number of carbonyl (C=O) groups excluding carboxylic acids is 1. The van der Waals surface area contributed by atoms with Gasteiger partial charge in [-0.15, -0.1) is 0 Å². The summed E-state index contributed by atoms with van der Waals surface area (Å²) in [5.41, 5.74) is 3.23. The summed E-state index contributed by atoms with van der Waals surface area (Å²) < 4.78 is 2.87. The molecule has 0 fully saturated rings. The van der Waals surface area contributed by atoms with E-state index in [9.17, 15) is 9.59 Å². The average Bonchev–Trinajstić information content (AvgIpc) is 2.96. The fourth-order valence-corrected chi connectivity index (χ4v) is 2.90. The van der Waals surface area contributed by atoms with Gasteiger partial charge in [-0.3, -0.25) is 18.8 Å². The largest absolute Gasteiger partial charge is 0.311 e. The molecule has 1 amide bonds. The van der Waals surface area contributed by atoms with Gasteiger partial charge < -0.3 is 4.90 Å². The second-order valence-electron chi connectivity index (χ2n) is 6.11. The lowest BCUT2D eigenvalue weighted by Crippen LogP contribution is -2.37. The fourth-order valence-electron chi connectivity index (χ4n) is 2.90. The Balaban J connectivity index is 1.94. The number of aromatic nitrogens is 4. The lowest BCUT2D eigenvalue weighted by atomic mass is 10.1. The van der Waals surface area contributed by atoms with Gasteiger partial charge in [0, 0.05) is 19.3 Å². The smallest absolute Gasteiger partial charge is 0.264 e. The molecule has 3 rings (SSSR count). The van der Waals surface area contributed by atoms with Crippen LogP contribution in [0.2, 0.25) is 0 Å². The molecule has 2 aromatic heterocycles. The summed E-state index contributed by atoms with van der Waals surface area (Å²) in [6.07, 6.45) is 2.88. The molecule has 7 nitrogen and oxygen atoms in total. The lowest BCUT2D eigenvalue weighted by Gasteiger charge is -2.23. The molecule has 0 saturated heterocycles. The highest BCUT2D eigenvalue weighted by molar-refractivity contribution is 5.94. The van der Waals surface area contributed by atoms with Crippen LogP contribution in [0, 0.1) is 13.8 Å². The normalized spacial score (nSPS) is 11.0. The Labute approximate surface area is 145 Å². The molecule has 130 valence electrons. The molecule has 0 aliphatic heterocycles. The molecule has 0 aliphatic carbocycles. The molecule has 7 heteroatoms. The van der Waals surface area contributed by atoms with Gasteiger partial charge in [0.15, 0.2) is 5.65 Å². The zero-order chi connectivity index (χ0) is 18.1. The van der Waals surface area contributed by atoms with Crippen LogP contribution in [0.4, 0.5) is 5.69 Å². The fraction of sp³-hybridized carbons (Fsp3) is 0.333. The molecule has 0 spiro atoms. The predicted molar refractivity (Wildman–Crippen MR) is 96.7 cm³/mol. The van der Waals surface area contributed by atoms with Crippen LogP contribution in [-0.4, -0.2) is 31.8 Å². The molecule has 3 aromatic rings. The maximum Gasteiger partial charge on any atom is 0.264 e. The Kier molecular flexibility index (Phi) is 4.39. The highest BCUT2D eigenvalue weighted by atomic mass is 16.2. The third-order valence-electron chi connectivity index (χ3n) is 4.30. The Hall–Kier alpha value is -2.96. The number of aryl methyl sites for hydroxylation is 3. The van der Waals surface area contributed by atoms with Gasteiger partial charge >= 0.3 is 0 Å². The van der Waals surface area contributed by atoms with Crippen molar-refractivity contribution >= 4 is 22.6 Å². The molecule has 0 atom stereocenters. The van der Waals surface area contributed by atoms with E-state index in [2.05, 4.69) is 10.1 Å². The number of likely N-dealkylation sites (N-methyl/N-ethyl adjacent to an activating group) is 1. The number of fused-ring (bicyclic) bond motifs is 1. The van der Waals surface area contributed by atoms with E-state index in [4.69, 9.17) is 0 Å². The van der Waals surface area contributed by atoms with E-state index in [1.807, 2.05) is 39.0 Å². The first kappa shape index (κ1) is 16.9. The van der Waals surface area contributed by atoms with Crippen molar-refractivity contribution in [2.75, 3.05) is 11.4 Å².